The molecule has 0 nitrogen and oxygen atoms in total. The monoisotopic (exact) mass is 166 g/mol. The third-order valence-electron chi connectivity index (χ3n) is 3.16. The van der Waals surface area contributed by atoms with Crippen LogP contribution in [-0.2, 0) is 0 Å². The van der Waals surface area contributed by atoms with Crippen molar-refractivity contribution in [3.8, 4) is 0 Å². The predicted molar refractivity (Wildman–Crippen MR) is 55.2 cm³/mol. The Kier molecular flexibility index (Phi) is 4.42. The molecule has 0 aromatic heterocycles. The Morgan fingerprint density at radius 2 is 1.92 bits per heavy atom. The highest BCUT2D eigenvalue weighted by Crippen LogP contribution is 2.28. The van der Waals surface area contributed by atoms with Gasteiger partial charge >= 0.3 is 0 Å². The van der Waals surface area contributed by atoms with E-state index in [0.29, 0.717) is 0 Å². The van der Waals surface area contributed by atoms with Crippen LogP contribution in [0.5, 0.6) is 0 Å². The maximum absolute atomic E-state index is 2.25. The van der Waals surface area contributed by atoms with Crippen molar-refractivity contribution in [1.82, 2.24) is 0 Å². The van der Waals surface area contributed by atoms with E-state index in [1.165, 1.54) is 44.9 Å². The quantitative estimate of drug-likeness (QED) is 0.548. The zero-order chi connectivity index (χ0) is 8.81. The average molecular weight is 166 g/mol. The first-order chi connectivity index (χ1) is 5.83. The van der Waals surface area contributed by atoms with Crippen molar-refractivity contribution in [2.24, 2.45) is 5.92 Å². The standard InChI is InChI=1S/C12H22/c1-3-11(2)9-10-12-7-5-4-6-8-12/h3,12H,4-10H2,1-2H3/b11-3+. The molecular formula is C12H22. The minimum Gasteiger partial charge on any atom is -0.0887 e. The summed E-state index contributed by atoms with van der Waals surface area (Å²) in [5.41, 5.74) is 1.57. The van der Waals surface area contributed by atoms with E-state index in [-0.39, 0.29) is 0 Å². The molecule has 1 rings (SSSR count). The Morgan fingerprint density at radius 3 is 2.50 bits per heavy atom. The van der Waals surface area contributed by atoms with Crippen LogP contribution in [0.15, 0.2) is 11.6 Å². The Hall–Kier alpha value is -0.260. The van der Waals surface area contributed by atoms with Crippen molar-refractivity contribution in [2.75, 3.05) is 0 Å². The maximum Gasteiger partial charge on any atom is -0.0321 e. The van der Waals surface area contributed by atoms with E-state index in [2.05, 4.69) is 19.9 Å². The Labute approximate surface area is 77.1 Å². The molecule has 0 spiro atoms. The Morgan fingerprint density at radius 1 is 1.25 bits per heavy atom. The molecule has 0 aliphatic heterocycles. The lowest BCUT2D eigenvalue weighted by Crippen LogP contribution is -2.05. The highest BCUT2D eigenvalue weighted by molar-refractivity contribution is 4.95. The van der Waals surface area contributed by atoms with Crippen molar-refractivity contribution in [1.29, 1.82) is 0 Å². The van der Waals surface area contributed by atoms with Crippen LogP contribution in [0.4, 0.5) is 0 Å². The van der Waals surface area contributed by atoms with Gasteiger partial charge in [-0.25, -0.2) is 0 Å². The van der Waals surface area contributed by atoms with Crippen LogP contribution in [0, 0.1) is 5.92 Å². The summed E-state index contributed by atoms with van der Waals surface area (Å²) >= 11 is 0. The first-order valence-electron chi connectivity index (χ1n) is 5.44. The van der Waals surface area contributed by atoms with E-state index in [0.717, 1.165) is 5.92 Å². The van der Waals surface area contributed by atoms with Gasteiger partial charge in [-0.1, -0.05) is 43.8 Å². The molecule has 1 aliphatic rings. The predicted octanol–water partition coefficient (Wildman–Crippen LogP) is 4.31. The molecule has 0 atom stereocenters. The fraction of sp³-hybridized carbons (Fsp3) is 0.833. The van der Waals surface area contributed by atoms with Crippen LogP contribution in [0.2, 0.25) is 0 Å². The molecule has 0 bridgehead atoms. The average Bonchev–Trinajstić information content (AvgIpc) is 2.16. The Balaban J connectivity index is 2.13. The van der Waals surface area contributed by atoms with Gasteiger partial charge in [0.25, 0.3) is 0 Å². The van der Waals surface area contributed by atoms with Gasteiger partial charge in [-0.15, -0.1) is 0 Å². The summed E-state index contributed by atoms with van der Waals surface area (Å²) in [4.78, 5) is 0. The highest BCUT2D eigenvalue weighted by Gasteiger charge is 2.12. The summed E-state index contributed by atoms with van der Waals surface area (Å²) in [6, 6.07) is 0. The van der Waals surface area contributed by atoms with Crippen LogP contribution < -0.4 is 0 Å². The molecule has 1 aliphatic carbocycles. The van der Waals surface area contributed by atoms with E-state index in [4.69, 9.17) is 0 Å². The van der Waals surface area contributed by atoms with Crippen molar-refractivity contribution in [3.05, 3.63) is 11.6 Å². The van der Waals surface area contributed by atoms with Gasteiger partial charge < -0.3 is 0 Å². The smallest absolute Gasteiger partial charge is 0.0321 e. The van der Waals surface area contributed by atoms with Gasteiger partial charge in [-0.2, -0.15) is 0 Å². The second-order valence-corrected chi connectivity index (χ2v) is 4.18. The Bertz CT molecular complexity index is 138. The first-order valence-corrected chi connectivity index (χ1v) is 5.44. The van der Waals surface area contributed by atoms with Crippen LogP contribution in [-0.4, -0.2) is 0 Å². The molecule has 1 saturated carbocycles. The van der Waals surface area contributed by atoms with Crippen LogP contribution in [0.3, 0.4) is 0 Å². The number of hydrogen-bond donors (Lipinski definition) is 0. The fourth-order valence-electron chi connectivity index (χ4n) is 2.05. The molecule has 12 heavy (non-hydrogen) atoms. The molecule has 70 valence electrons. The molecule has 0 aromatic carbocycles. The molecule has 0 heterocycles. The molecule has 1 fully saturated rings. The summed E-state index contributed by atoms with van der Waals surface area (Å²) in [7, 11) is 0. The SMILES string of the molecule is C/C=C(\C)CCC1CCCCC1. The van der Waals surface area contributed by atoms with Gasteiger partial charge in [0, 0.05) is 0 Å². The first kappa shape index (κ1) is 9.83. The van der Waals surface area contributed by atoms with Gasteiger partial charge in [0.15, 0.2) is 0 Å². The molecule has 0 radical (unpaired) electrons. The van der Waals surface area contributed by atoms with E-state index in [1.807, 2.05) is 0 Å². The van der Waals surface area contributed by atoms with Crippen molar-refractivity contribution < 1.29 is 0 Å². The highest BCUT2D eigenvalue weighted by atomic mass is 14.2. The second kappa shape index (κ2) is 5.40. The summed E-state index contributed by atoms with van der Waals surface area (Å²) in [5.74, 6) is 1.05. The molecular weight excluding hydrogens is 144 g/mol. The van der Waals surface area contributed by atoms with Gasteiger partial charge in [0.1, 0.15) is 0 Å². The summed E-state index contributed by atoms with van der Waals surface area (Å²) in [6.07, 6.45) is 12.5. The lowest BCUT2D eigenvalue weighted by molar-refractivity contribution is 0.339. The molecule has 0 unspecified atom stereocenters. The van der Waals surface area contributed by atoms with Gasteiger partial charge in [0.05, 0.1) is 0 Å². The number of rotatable bonds is 3. The van der Waals surface area contributed by atoms with Crippen LogP contribution >= 0.6 is 0 Å². The fourth-order valence-corrected chi connectivity index (χ4v) is 2.05. The van der Waals surface area contributed by atoms with E-state index < -0.39 is 0 Å². The third kappa shape index (κ3) is 3.42. The summed E-state index contributed by atoms with van der Waals surface area (Å²) < 4.78 is 0. The van der Waals surface area contributed by atoms with E-state index >= 15 is 0 Å². The lowest BCUT2D eigenvalue weighted by Gasteiger charge is -2.21. The van der Waals surface area contributed by atoms with Gasteiger partial charge in [-0.3, -0.25) is 0 Å². The lowest BCUT2D eigenvalue weighted by atomic mass is 9.85. The number of hydrogen-bond acceptors (Lipinski definition) is 0. The minimum absolute atomic E-state index is 1.05. The largest absolute Gasteiger partial charge is 0.0887 e. The van der Waals surface area contributed by atoms with E-state index in [1.54, 1.807) is 5.57 Å². The van der Waals surface area contributed by atoms with Crippen molar-refractivity contribution in [3.63, 3.8) is 0 Å². The molecule has 0 heteroatoms. The topological polar surface area (TPSA) is 0 Å². The van der Waals surface area contributed by atoms with Crippen LogP contribution in [0.1, 0.15) is 58.8 Å². The molecule has 0 saturated heterocycles. The summed E-state index contributed by atoms with van der Waals surface area (Å²) in [5, 5.41) is 0. The van der Waals surface area contributed by atoms with Crippen LogP contribution in [0.25, 0.3) is 0 Å². The number of allylic oxidation sites excluding steroid dienone is 2. The second-order valence-electron chi connectivity index (χ2n) is 4.18. The van der Waals surface area contributed by atoms with Gasteiger partial charge in [0.2, 0.25) is 0 Å². The van der Waals surface area contributed by atoms with Crippen molar-refractivity contribution in [2.45, 2.75) is 58.8 Å². The minimum atomic E-state index is 1.05. The third-order valence-corrected chi connectivity index (χ3v) is 3.16. The normalized spacial score (nSPS) is 21.3. The molecule has 0 amide bonds. The molecule has 0 N–H and O–H groups in total. The zero-order valence-electron chi connectivity index (χ0n) is 8.60. The zero-order valence-corrected chi connectivity index (χ0v) is 8.60. The summed E-state index contributed by atoms with van der Waals surface area (Å²) in [6.45, 7) is 4.40. The maximum atomic E-state index is 2.25. The van der Waals surface area contributed by atoms with Gasteiger partial charge in [-0.05, 0) is 32.6 Å². The van der Waals surface area contributed by atoms with E-state index in [9.17, 15) is 0 Å². The molecule has 0 aromatic rings. The van der Waals surface area contributed by atoms with Crippen molar-refractivity contribution >= 4 is 0 Å².